The number of nitrogens with one attached hydrogen (secondary N) is 1. The highest BCUT2D eigenvalue weighted by atomic mass is 16.5. The lowest BCUT2D eigenvalue weighted by atomic mass is 9.96. The maximum atomic E-state index is 11.8. The molecule has 0 aliphatic carbocycles. The van der Waals surface area contributed by atoms with E-state index in [4.69, 9.17) is 4.74 Å². The van der Waals surface area contributed by atoms with Gasteiger partial charge in [0.2, 0.25) is 5.91 Å². The molecule has 1 saturated heterocycles. The predicted octanol–water partition coefficient (Wildman–Crippen LogP) is 1.15. The van der Waals surface area contributed by atoms with E-state index in [1.54, 1.807) is 13.3 Å². The molecule has 0 bridgehead atoms. The first kappa shape index (κ1) is 12.1. The van der Waals surface area contributed by atoms with Crippen LogP contribution in [-0.2, 0) is 9.53 Å². The summed E-state index contributed by atoms with van der Waals surface area (Å²) >= 11 is 0. The molecule has 5 nitrogen and oxygen atoms in total. The van der Waals surface area contributed by atoms with Gasteiger partial charge in [-0.2, -0.15) is 0 Å². The van der Waals surface area contributed by atoms with Crippen molar-refractivity contribution in [3.8, 4) is 0 Å². The fourth-order valence-electron chi connectivity index (χ4n) is 2.25. The lowest BCUT2D eigenvalue weighted by molar-refractivity contribution is -0.133. The Morgan fingerprint density at radius 1 is 1.59 bits per heavy atom. The van der Waals surface area contributed by atoms with E-state index in [0.29, 0.717) is 18.9 Å². The maximum absolute atomic E-state index is 11.8. The average Bonchev–Trinajstić information content (AvgIpc) is 2.90. The number of nitrogens with zero attached hydrogens (tertiary/aromatic N) is 2. The molecule has 0 aromatic carbocycles. The second-order valence-electron chi connectivity index (χ2n) is 4.37. The molecule has 17 heavy (non-hydrogen) atoms. The SMILES string of the molecule is COCCC(=O)N1CCC(c2ncc[nH]2)CC1. The van der Waals surface area contributed by atoms with Crippen LogP contribution in [-0.4, -0.2) is 47.6 Å². The number of imidazole rings is 1. The number of methoxy groups -OCH3 is 1. The van der Waals surface area contributed by atoms with E-state index in [2.05, 4.69) is 9.97 Å². The van der Waals surface area contributed by atoms with Crippen LogP contribution in [0.4, 0.5) is 0 Å². The van der Waals surface area contributed by atoms with E-state index in [0.717, 1.165) is 31.8 Å². The number of aromatic amines is 1. The van der Waals surface area contributed by atoms with E-state index in [1.807, 2.05) is 11.1 Å². The smallest absolute Gasteiger partial charge is 0.224 e. The molecule has 0 saturated carbocycles. The van der Waals surface area contributed by atoms with Crippen molar-refractivity contribution in [3.63, 3.8) is 0 Å². The Kier molecular flexibility index (Phi) is 4.14. The summed E-state index contributed by atoms with van der Waals surface area (Å²) in [5, 5.41) is 0. The minimum atomic E-state index is 0.199. The number of amides is 1. The van der Waals surface area contributed by atoms with Crippen molar-refractivity contribution in [1.82, 2.24) is 14.9 Å². The van der Waals surface area contributed by atoms with E-state index in [9.17, 15) is 4.79 Å². The largest absolute Gasteiger partial charge is 0.384 e. The molecule has 5 heteroatoms. The number of H-pyrrole nitrogens is 1. The molecule has 1 aliphatic rings. The molecule has 0 atom stereocenters. The first-order valence-corrected chi connectivity index (χ1v) is 6.07. The summed E-state index contributed by atoms with van der Waals surface area (Å²) < 4.78 is 4.92. The Labute approximate surface area is 101 Å². The standard InChI is InChI=1S/C12H19N3O2/c1-17-9-4-11(16)15-7-2-10(3-8-15)12-13-5-6-14-12/h5-6,10H,2-4,7-9H2,1H3,(H,13,14). The summed E-state index contributed by atoms with van der Waals surface area (Å²) in [6, 6.07) is 0. The topological polar surface area (TPSA) is 58.2 Å². The number of piperidine rings is 1. The van der Waals surface area contributed by atoms with Crippen molar-refractivity contribution < 1.29 is 9.53 Å². The molecular formula is C12H19N3O2. The Morgan fingerprint density at radius 3 is 2.94 bits per heavy atom. The number of hydrogen-bond donors (Lipinski definition) is 1. The summed E-state index contributed by atoms with van der Waals surface area (Å²) in [6.45, 7) is 2.17. The summed E-state index contributed by atoms with van der Waals surface area (Å²) in [6.07, 6.45) is 6.11. The molecule has 0 radical (unpaired) electrons. The summed E-state index contributed by atoms with van der Waals surface area (Å²) in [7, 11) is 1.62. The molecule has 1 N–H and O–H groups in total. The lowest BCUT2D eigenvalue weighted by Gasteiger charge is -2.31. The van der Waals surface area contributed by atoms with Crippen LogP contribution in [0.3, 0.4) is 0 Å². The van der Waals surface area contributed by atoms with Crippen LogP contribution >= 0.6 is 0 Å². The Hall–Kier alpha value is -1.36. The summed E-state index contributed by atoms with van der Waals surface area (Å²) in [4.78, 5) is 21.1. The molecule has 94 valence electrons. The van der Waals surface area contributed by atoms with Gasteiger partial charge in [0.15, 0.2) is 0 Å². The zero-order valence-electron chi connectivity index (χ0n) is 10.2. The van der Waals surface area contributed by atoms with Crippen LogP contribution in [0, 0.1) is 0 Å². The van der Waals surface area contributed by atoms with Crippen molar-refractivity contribution >= 4 is 5.91 Å². The van der Waals surface area contributed by atoms with Gasteiger partial charge in [0, 0.05) is 38.5 Å². The van der Waals surface area contributed by atoms with Gasteiger partial charge in [-0.15, -0.1) is 0 Å². The zero-order valence-corrected chi connectivity index (χ0v) is 10.2. The van der Waals surface area contributed by atoms with Crippen LogP contribution in [0.1, 0.15) is 31.0 Å². The van der Waals surface area contributed by atoms with Gasteiger partial charge < -0.3 is 14.6 Å². The minimum absolute atomic E-state index is 0.199. The fraction of sp³-hybridized carbons (Fsp3) is 0.667. The molecule has 2 heterocycles. The number of hydrogen-bond acceptors (Lipinski definition) is 3. The molecular weight excluding hydrogens is 218 g/mol. The number of rotatable bonds is 4. The first-order valence-electron chi connectivity index (χ1n) is 6.07. The van der Waals surface area contributed by atoms with Gasteiger partial charge >= 0.3 is 0 Å². The van der Waals surface area contributed by atoms with Gasteiger partial charge in [-0.3, -0.25) is 4.79 Å². The van der Waals surface area contributed by atoms with Crippen molar-refractivity contribution in [1.29, 1.82) is 0 Å². The first-order chi connectivity index (χ1) is 8.31. The van der Waals surface area contributed by atoms with Crippen LogP contribution in [0.15, 0.2) is 12.4 Å². The van der Waals surface area contributed by atoms with E-state index >= 15 is 0 Å². The van der Waals surface area contributed by atoms with Gasteiger partial charge in [0.1, 0.15) is 5.82 Å². The van der Waals surface area contributed by atoms with Crippen LogP contribution in [0.25, 0.3) is 0 Å². The fourth-order valence-corrected chi connectivity index (χ4v) is 2.25. The van der Waals surface area contributed by atoms with Crippen LogP contribution < -0.4 is 0 Å². The molecule has 1 amide bonds. The third-order valence-corrected chi connectivity index (χ3v) is 3.27. The van der Waals surface area contributed by atoms with Crippen molar-refractivity contribution in [2.45, 2.75) is 25.2 Å². The average molecular weight is 237 g/mol. The Morgan fingerprint density at radius 2 is 2.35 bits per heavy atom. The third kappa shape index (κ3) is 3.06. The monoisotopic (exact) mass is 237 g/mol. The maximum Gasteiger partial charge on any atom is 0.224 e. The summed E-state index contributed by atoms with van der Waals surface area (Å²) in [5.41, 5.74) is 0. The second kappa shape index (κ2) is 5.82. The van der Waals surface area contributed by atoms with E-state index < -0.39 is 0 Å². The van der Waals surface area contributed by atoms with Crippen molar-refractivity contribution in [2.24, 2.45) is 0 Å². The number of ether oxygens (including phenoxy) is 1. The van der Waals surface area contributed by atoms with Crippen LogP contribution in [0.5, 0.6) is 0 Å². The number of aromatic nitrogens is 2. The van der Waals surface area contributed by atoms with Crippen molar-refractivity contribution in [2.75, 3.05) is 26.8 Å². The molecule has 1 fully saturated rings. The highest BCUT2D eigenvalue weighted by Crippen LogP contribution is 2.25. The molecule has 0 spiro atoms. The third-order valence-electron chi connectivity index (χ3n) is 3.27. The van der Waals surface area contributed by atoms with E-state index in [1.165, 1.54) is 0 Å². The highest BCUT2D eigenvalue weighted by Gasteiger charge is 2.24. The lowest BCUT2D eigenvalue weighted by Crippen LogP contribution is -2.38. The Bertz CT molecular complexity index is 343. The molecule has 1 aromatic rings. The highest BCUT2D eigenvalue weighted by molar-refractivity contribution is 5.76. The number of likely N-dealkylation sites (tertiary alicyclic amines) is 1. The number of carbonyl (C=O) groups excluding carboxylic acids is 1. The van der Waals surface area contributed by atoms with Crippen molar-refractivity contribution in [3.05, 3.63) is 18.2 Å². The second-order valence-corrected chi connectivity index (χ2v) is 4.37. The Balaban J connectivity index is 1.80. The number of carbonyl (C=O) groups is 1. The molecule has 1 aliphatic heterocycles. The molecule has 2 rings (SSSR count). The molecule has 0 unspecified atom stereocenters. The summed E-state index contributed by atoms with van der Waals surface area (Å²) in [5.74, 6) is 1.72. The van der Waals surface area contributed by atoms with Gasteiger partial charge in [0.25, 0.3) is 0 Å². The quantitative estimate of drug-likeness (QED) is 0.854. The normalized spacial score (nSPS) is 17.4. The van der Waals surface area contributed by atoms with Gasteiger partial charge in [-0.25, -0.2) is 4.98 Å². The molecule has 1 aromatic heterocycles. The van der Waals surface area contributed by atoms with Gasteiger partial charge in [-0.1, -0.05) is 0 Å². The van der Waals surface area contributed by atoms with Crippen LogP contribution in [0.2, 0.25) is 0 Å². The van der Waals surface area contributed by atoms with Gasteiger partial charge in [0.05, 0.1) is 13.0 Å². The predicted molar refractivity (Wildman–Crippen MR) is 63.6 cm³/mol. The van der Waals surface area contributed by atoms with E-state index in [-0.39, 0.29) is 5.91 Å². The minimum Gasteiger partial charge on any atom is -0.384 e. The van der Waals surface area contributed by atoms with Gasteiger partial charge in [-0.05, 0) is 12.8 Å². The zero-order chi connectivity index (χ0) is 12.1.